The van der Waals surface area contributed by atoms with E-state index >= 15 is 0 Å². The molecule has 7 atom stereocenters. The van der Waals surface area contributed by atoms with Crippen LogP contribution < -0.4 is 10.2 Å². The van der Waals surface area contributed by atoms with Crippen molar-refractivity contribution in [2.45, 2.75) is 75.3 Å². The number of likely N-dealkylation sites (tertiary alicyclic amines) is 1. The van der Waals surface area contributed by atoms with E-state index < -0.39 is 47.7 Å². The van der Waals surface area contributed by atoms with Crippen LogP contribution in [0.1, 0.15) is 57.1 Å². The van der Waals surface area contributed by atoms with Crippen molar-refractivity contribution in [1.29, 1.82) is 0 Å². The van der Waals surface area contributed by atoms with Crippen molar-refractivity contribution in [2.24, 2.45) is 11.8 Å². The number of esters is 1. The van der Waals surface area contributed by atoms with Gasteiger partial charge in [0.1, 0.15) is 17.7 Å². The minimum Gasteiger partial charge on any atom is -0.455 e. The van der Waals surface area contributed by atoms with Crippen molar-refractivity contribution in [1.82, 2.24) is 10.2 Å². The summed E-state index contributed by atoms with van der Waals surface area (Å²) in [6.07, 6.45) is 4.41. The second-order valence-electron chi connectivity index (χ2n) is 12.7. The van der Waals surface area contributed by atoms with Crippen molar-refractivity contribution in [3.63, 3.8) is 0 Å². The molecule has 0 aromatic heterocycles. The molecule has 10 nitrogen and oxygen atoms in total. The van der Waals surface area contributed by atoms with Gasteiger partial charge in [-0.15, -0.1) is 13.2 Å². The fourth-order valence-electron chi connectivity index (χ4n) is 7.50. The first-order valence-corrected chi connectivity index (χ1v) is 17.0. The second-order valence-corrected chi connectivity index (χ2v) is 13.1. The molecule has 2 bridgehead atoms. The van der Waals surface area contributed by atoms with Gasteiger partial charge in [0.25, 0.3) is 5.91 Å². The van der Waals surface area contributed by atoms with Crippen LogP contribution in [0.2, 0.25) is 5.02 Å². The topological polar surface area (TPSA) is 125 Å². The van der Waals surface area contributed by atoms with Crippen molar-refractivity contribution >= 4 is 41.0 Å². The summed E-state index contributed by atoms with van der Waals surface area (Å²) < 4.78 is 12.8. The molecule has 3 aliphatic rings. The van der Waals surface area contributed by atoms with Crippen molar-refractivity contribution in [3.05, 3.63) is 90.5 Å². The van der Waals surface area contributed by atoms with Crippen LogP contribution >= 0.6 is 11.6 Å². The molecule has 2 aromatic carbocycles. The fourth-order valence-corrected chi connectivity index (χ4v) is 7.62. The Morgan fingerprint density at radius 2 is 1.88 bits per heavy atom. The van der Waals surface area contributed by atoms with Gasteiger partial charge >= 0.3 is 5.97 Å². The molecule has 5 rings (SSSR count). The highest BCUT2D eigenvalue weighted by Crippen LogP contribution is 2.59. The molecule has 0 saturated carbocycles. The minimum absolute atomic E-state index is 0.0563. The van der Waals surface area contributed by atoms with Gasteiger partial charge in [0, 0.05) is 36.8 Å². The number of fused-ring (bicyclic) bond motifs is 1. The number of aliphatic hydroxyl groups excluding tert-OH is 1. The van der Waals surface area contributed by atoms with E-state index in [0.29, 0.717) is 48.4 Å². The van der Waals surface area contributed by atoms with Gasteiger partial charge in [-0.25, -0.2) is 0 Å². The number of benzene rings is 2. The van der Waals surface area contributed by atoms with Crippen molar-refractivity contribution in [2.75, 3.05) is 24.6 Å². The molecular formula is C37H44ClN3O7. The van der Waals surface area contributed by atoms with Gasteiger partial charge < -0.3 is 29.7 Å². The summed E-state index contributed by atoms with van der Waals surface area (Å²) in [5.41, 5.74) is 0.0474. The quantitative estimate of drug-likeness (QED) is 0.149. The molecule has 1 spiro atoms. The number of aliphatic hydroxyl groups is 1. The highest BCUT2D eigenvalue weighted by Gasteiger charge is 2.75. The van der Waals surface area contributed by atoms with Gasteiger partial charge in [-0.05, 0) is 68.9 Å². The predicted octanol–water partition coefficient (Wildman–Crippen LogP) is 4.76. The maximum Gasteiger partial charge on any atom is 0.313 e. The summed E-state index contributed by atoms with van der Waals surface area (Å²) >= 11 is 6.14. The second kappa shape index (κ2) is 15.5. The minimum atomic E-state index is -1.24. The zero-order valence-corrected chi connectivity index (χ0v) is 28.0. The third-order valence-electron chi connectivity index (χ3n) is 9.62. The number of nitrogens with one attached hydrogen (secondary N) is 1. The number of amides is 3. The maximum atomic E-state index is 14.6. The molecule has 2 aromatic rings. The van der Waals surface area contributed by atoms with Crippen molar-refractivity contribution in [3.8, 4) is 0 Å². The smallest absolute Gasteiger partial charge is 0.313 e. The van der Waals surface area contributed by atoms with E-state index in [0.717, 1.165) is 0 Å². The van der Waals surface area contributed by atoms with Crippen LogP contribution in [0.3, 0.4) is 0 Å². The molecule has 0 radical (unpaired) electrons. The van der Waals surface area contributed by atoms with Gasteiger partial charge in [-0.1, -0.05) is 54.1 Å². The number of ether oxygens (including phenoxy) is 2. The first kappa shape index (κ1) is 35.3. The number of hydrogen-bond donors (Lipinski definition) is 2. The lowest BCUT2D eigenvalue weighted by molar-refractivity contribution is -0.162. The van der Waals surface area contributed by atoms with Gasteiger partial charge in [0.2, 0.25) is 11.8 Å². The van der Waals surface area contributed by atoms with Gasteiger partial charge in [0.05, 0.1) is 24.0 Å². The number of carbonyl (C=O) groups excluding carboxylic acids is 4. The van der Waals surface area contributed by atoms with Gasteiger partial charge in [-0.3, -0.25) is 19.2 Å². The normalized spacial score (nSPS) is 25.2. The summed E-state index contributed by atoms with van der Waals surface area (Å²) in [4.78, 5) is 59.0. The number of nitrogens with zero attached hydrogens (tertiary/aromatic N) is 2. The van der Waals surface area contributed by atoms with Crippen LogP contribution in [0.15, 0.2) is 79.9 Å². The average Bonchev–Trinajstić information content (AvgIpc) is 3.73. The van der Waals surface area contributed by atoms with E-state index in [-0.39, 0.29) is 43.8 Å². The van der Waals surface area contributed by atoms with Crippen LogP contribution in [0.4, 0.5) is 5.69 Å². The number of rotatable bonds is 16. The summed E-state index contributed by atoms with van der Waals surface area (Å²) in [6, 6.07) is 14.4. The Hall–Kier alpha value is -3.99. The SMILES string of the molecule is C=CCCC(=O)N[C@@H](C)[C@H](OC(=O)[C@@H]1[C@H]2C(=O)N(CCCCO)[C@H](C(=O)N(CC=C)c3ccc(Cl)cc3)[C@]23CC[C@H]1O3)c1ccccc1. The maximum absolute atomic E-state index is 14.6. The Morgan fingerprint density at radius 1 is 1.15 bits per heavy atom. The average molecular weight is 678 g/mol. The number of unbranched alkanes of at least 4 members (excludes halogenated alkanes) is 1. The lowest BCUT2D eigenvalue weighted by atomic mass is 9.70. The predicted molar refractivity (Wildman–Crippen MR) is 182 cm³/mol. The third-order valence-corrected chi connectivity index (χ3v) is 9.87. The summed E-state index contributed by atoms with van der Waals surface area (Å²) in [5.74, 6) is -3.36. The Labute approximate surface area is 286 Å². The Balaban J connectivity index is 1.46. The van der Waals surface area contributed by atoms with E-state index in [4.69, 9.17) is 21.1 Å². The molecule has 2 N–H and O–H groups in total. The van der Waals surface area contributed by atoms with E-state index in [2.05, 4.69) is 18.5 Å². The van der Waals surface area contributed by atoms with E-state index in [1.807, 2.05) is 30.3 Å². The number of allylic oxidation sites excluding steroid dienone is 1. The van der Waals surface area contributed by atoms with E-state index in [1.54, 1.807) is 48.2 Å². The molecule has 3 aliphatic heterocycles. The highest BCUT2D eigenvalue weighted by atomic mass is 35.5. The molecule has 3 fully saturated rings. The zero-order valence-electron chi connectivity index (χ0n) is 27.3. The van der Waals surface area contributed by atoms with E-state index in [9.17, 15) is 24.3 Å². The van der Waals surface area contributed by atoms with Crippen LogP contribution in [0.5, 0.6) is 0 Å². The Bertz CT molecular complexity index is 1500. The molecule has 48 heavy (non-hydrogen) atoms. The molecule has 0 unspecified atom stereocenters. The molecule has 0 aliphatic carbocycles. The number of anilines is 1. The number of halogens is 1. The third kappa shape index (κ3) is 6.92. The number of carbonyl (C=O) groups is 4. The Kier molecular flexibility index (Phi) is 11.4. The molecule has 11 heteroatoms. The summed E-state index contributed by atoms with van der Waals surface area (Å²) in [5, 5.41) is 13.0. The molecular weight excluding hydrogens is 634 g/mol. The van der Waals surface area contributed by atoms with Crippen molar-refractivity contribution < 1.29 is 33.8 Å². The molecule has 256 valence electrons. The van der Waals surface area contributed by atoms with Crippen LogP contribution in [-0.4, -0.2) is 77.2 Å². The van der Waals surface area contributed by atoms with Crippen LogP contribution in [0, 0.1) is 11.8 Å². The Morgan fingerprint density at radius 3 is 2.54 bits per heavy atom. The lowest BCUT2D eigenvalue weighted by Gasteiger charge is -2.37. The fraction of sp³-hybridized carbons (Fsp3) is 0.459. The van der Waals surface area contributed by atoms with Gasteiger partial charge in [-0.2, -0.15) is 0 Å². The first-order chi connectivity index (χ1) is 23.2. The van der Waals surface area contributed by atoms with Crippen LogP contribution in [0.25, 0.3) is 0 Å². The molecule has 3 saturated heterocycles. The van der Waals surface area contributed by atoms with Gasteiger partial charge in [0.15, 0.2) is 0 Å². The van der Waals surface area contributed by atoms with E-state index in [1.165, 1.54) is 4.90 Å². The standard InChI is InChI=1S/C37H44ClN3O7/c1-4-6-14-29(43)39-24(3)32(25-12-8-7-9-13-25)47-36(46)30-28-19-20-37(48-28)31(30)34(44)41(22-10-11-23-42)33(37)35(45)40(21-5-2)27-17-15-26(38)16-18-27/h4-5,7-9,12-13,15-18,24,28,30-33,42H,1-2,6,10-11,14,19-23H2,3H3,(H,39,43)/t24-,28+,30-,31-,32-,33+,37-/m0/s1. The molecule has 3 amide bonds. The lowest BCUT2D eigenvalue weighted by Crippen LogP contribution is -2.56. The summed E-state index contributed by atoms with van der Waals surface area (Å²) in [7, 11) is 0. The number of hydrogen-bond acceptors (Lipinski definition) is 7. The zero-order chi connectivity index (χ0) is 34.4. The van der Waals surface area contributed by atoms with Crippen LogP contribution in [-0.2, 0) is 28.7 Å². The largest absolute Gasteiger partial charge is 0.455 e. The molecule has 3 heterocycles. The first-order valence-electron chi connectivity index (χ1n) is 16.6. The monoisotopic (exact) mass is 677 g/mol. The summed E-state index contributed by atoms with van der Waals surface area (Å²) in [6.45, 7) is 9.63. The highest BCUT2D eigenvalue weighted by molar-refractivity contribution is 6.30.